The van der Waals surface area contributed by atoms with E-state index in [-0.39, 0.29) is 11.9 Å². The van der Waals surface area contributed by atoms with Crippen molar-refractivity contribution in [3.05, 3.63) is 35.9 Å². The lowest BCUT2D eigenvalue weighted by atomic mass is 9.99. The molecule has 0 spiro atoms. The summed E-state index contributed by atoms with van der Waals surface area (Å²) >= 11 is 0. The number of piperidine rings is 1. The van der Waals surface area contributed by atoms with E-state index in [1.54, 1.807) is 7.11 Å². The van der Waals surface area contributed by atoms with E-state index in [0.717, 1.165) is 57.4 Å². The molecule has 2 aliphatic heterocycles. The molecule has 0 aliphatic carbocycles. The summed E-state index contributed by atoms with van der Waals surface area (Å²) in [7, 11) is 1.78. The van der Waals surface area contributed by atoms with Crippen LogP contribution in [-0.4, -0.2) is 55.1 Å². The predicted octanol–water partition coefficient (Wildman–Crippen LogP) is 2.46. The largest absolute Gasteiger partial charge is 0.381 e. The Kier molecular flexibility index (Phi) is 5.11. The van der Waals surface area contributed by atoms with Crippen molar-refractivity contribution in [1.29, 1.82) is 0 Å². The van der Waals surface area contributed by atoms with E-state index in [1.165, 1.54) is 0 Å². The smallest absolute Gasteiger partial charge is 0.244 e. The van der Waals surface area contributed by atoms with Gasteiger partial charge < -0.3 is 9.64 Å². The van der Waals surface area contributed by atoms with Gasteiger partial charge in [0.15, 0.2) is 0 Å². The van der Waals surface area contributed by atoms with Crippen molar-refractivity contribution in [3.63, 3.8) is 0 Å². The summed E-state index contributed by atoms with van der Waals surface area (Å²) in [6, 6.07) is 10.1. The van der Waals surface area contributed by atoms with Crippen molar-refractivity contribution >= 4 is 5.91 Å². The summed E-state index contributed by atoms with van der Waals surface area (Å²) in [5, 5.41) is 0. The number of rotatable bonds is 4. The first-order valence-corrected chi connectivity index (χ1v) is 8.40. The summed E-state index contributed by atoms with van der Waals surface area (Å²) in [6.07, 6.45) is 4.63. The third-order valence-corrected chi connectivity index (χ3v) is 4.94. The van der Waals surface area contributed by atoms with Crippen LogP contribution in [0.25, 0.3) is 0 Å². The third-order valence-electron chi connectivity index (χ3n) is 4.94. The Morgan fingerprint density at radius 1 is 1.09 bits per heavy atom. The summed E-state index contributed by atoms with van der Waals surface area (Å²) in [6.45, 7) is 3.68. The van der Waals surface area contributed by atoms with Gasteiger partial charge in [0.2, 0.25) is 5.91 Å². The number of hydrogen-bond donors (Lipinski definition) is 0. The number of amides is 1. The zero-order valence-corrected chi connectivity index (χ0v) is 13.4. The van der Waals surface area contributed by atoms with Gasteiger partial charge in [-0.1, -0.05) is 30.3 Å². The van der Waals surface area contributed by atoms with Crippen molar-refractivity contribution in [2.75, 3.05) is 33.3 Å². The molecule has 2 aliphatic rings. The molecule has 2 heterocycles. The first-order valence-electron chi connectivity index (χ1n) is 8.40. The average Bonchev–Trinajstić information content (AvgIpc) is 3.11. The summed E-state index contributed by atoms with van der Waals surface area (Å²) in [5.41, 5.74) is 1.12. The molecule has 1 aromatic rings. The predicted molar refractivity (Wildman–Crippen MR) is 86.6 cm³/mol. The maximum atomic E-state index is 13.0. The molecular formula is C18H26N2O2. The van der Waals surface area contributed by atoms with E-state index in [4.69, 9.17) is 4.74 Å². The van der Waals surface area contributed by atoms with Crippen molar-refractivity contribution in [1.82, 2.24) is 9.80 Å². The lowest BCUT2D eigenvalue weighted by Gasteiger charge is -2.38. The molecule has 3 rings (SSSR count). The quantitative estimate of drug-likeness (QED) is 0.856. The number of likely N-dealkylation sites (tertiary alicyclic amines) is 2. The van der Waals surface area contributed by atoms with E-state index >= 15 is 0 Å². The van der Waals surface area contributed by atoms with Crippen LogP contribution >= 0.6 is 0 Å². The monoisotopic (exact) mass is 302 g/mol. The molecule has 2 fully saturated rings. The van der Waals surface area contributed by atoms with Crippen molar-refractivity contribution < 1.29 is 9.53 Å². The second-order valence-corrected chi connectivity index (χ2v) is 6.32. The van der Waals surface area contributed by atoms with Crippen LogP contribution in [0, 0.1) is 0 Å². The molecule has 4 nitrogen and oxygen atoms in total. The zero-order chi connectivity index (χ0) is 15.4. The van der Waals surface area contributed by atoms with Crippen LogP contribution in [0.3, 0.4) is 0 Å². The standard InChI is InChI=1S/C18H26N2O2/c1-22-16-9-13-19(14-10-16)17(15-7-3-2-4-8-15)18(21)20-11-5-6-12-20/h2-4,7-8,16-17H,5-6,9-14H2,1H3. The second-order valence-electron chi connectivity index (χ2n) is 6.32. The number of nitrogens with zero attached hydrogens (tertiary/aromatic N) is 2. The molecular weight excluding hydrogens is 276 g/mol. The Bertz CT molecular complexity index is 477. The lowest BCUT2D eigenvalue weighted by molar-refractivity contribution is -0.137. The van der Waals surface area contributed by atoms with Gasteiger partial charge in [0.25, 0.3) is 0 Å². The van der Waals surface area contributed by atoms with Crippen molar-refractivity contribution in [3.8, 4) is 0 Å². The summed E-state index contributed by atoms with van der Waals surface area (Å²) in [5.74, 6) is 0.277. The highest BCUT2D eigenvalue weighted by Gasteiger charge is 2.34. The molecule has 0 radical (unpaired) electrons. The first-order chi connectivity index (χ1) is 10.8. The third kappa shape index (κ3) is 3.33. The Balaban J connectivity index is 1.79. The Labute approximate surface area is 133 Å². The molecule has 0 saturated carbocycles. The summed E-state index contributed by atoms with van der Waals surface area (Å²) in [4.78, 5) is 17.4. The Hall–Kier alpha value is -1.39. The average molecular weight is 302 g/mol. The number of hydrogen-bond acceptors (Lipinski definition) is 3. The van der Waals surface area contributed by atoms with Crippen LogP contribution in [-0.2, 0) is 9.53 Å². The molecule has 0 N–H and O–H groups in total. The Morgan fingerprint density at radius 3 is 2.32 bits per heavy atom. The van der Waals surface area contributed by atoms with Crippen molar-refractivity contribution in [2.45, 2.75) is 37.8 Å². The number of methoxy groups -OCH3 is 1. The molecule has 1 amide bonds. The van der Waals surface area contributed by atoms with Crippen LogP contribution < -0.4 is 0 Å². The highest BCUT2D eigenvalue weighted by molar-refractivity contribution is 5.83. The number of carbonyl (C=O) groups excluding carboxylic acids is 1. The van der Waals surface area contributed by atoms with Gasteiger partial charge in [0, 0.05) is 33.3 Å². The highest BCUT2D eigenvalue weighted by atomic mass is 16.5. The molecule has 2 saturated heterocycles. The van der Waals surface area contributed by atoms with E-state index in [2.05, 4.69) is 17.0 Å². The second kappa shape index (κ2) is 7.25. The molecule has 0 aromatic heterocycles. The van der Waals surface area contributed by atoms with Gasteiger partial charge in [-0.05, 0) is 31.2 Å². The number of benzene rings is 1. The maximum Gasteiger partial charge on any atom is 0.244 e. The zero-order valence-electron chi connectivity index (χ0n) is 13.4. The minimum Gasteiger partial charge on any atom is -0.381 e. The minimum atomic E-state index is -0.128. The molecule has 1 unspecified atom stereocenters. The van der Waals surface area contributed by atoms with Gasteiger partial charge in [-0.2, -0.15) is 0 Å². The van der Waals surface area contributed by atoms with E-state index in [9.17, 15) is 4.79 Å². The fraction of sp³-hybridized carbons (Fsp3) is 0.611. The molecule has 120 valence electrons. The van der Waals surface area contributed by atoms with Crippen LogP contribution in [0.4, 0.5) is 0 Å². The highest BCUT2D eigenvalue weighted by Crippen LogP contribution is 2.28. The number of carbonyl (C=O) groups is 1. The SMILES string of the molecule is COC1CCN(C(C(=O)N2CCCC2)c2ccccc2)CC1. The van der Waals surface area contributed by atoms with Crippen molar-refractivity contribution in [2.24, 2.45) is 0 Å². The van der Waals surface area contributed by atoms with Crippen LogP contribution in [0.1, 0.15) is 37.3 Å². The van der Waals surface area contributed by atoms with E-state index < -0.39 is 0 Å². The minimum absolute atomic E-state index is 0.128. The molecule has 22 heavy (non-hydrogen) atoms. The van der Waals surface area contributed by atoms with Crippen LogP contribution in [0.5, 0.6) is 0 Å². The van der Waals surface area contributed by atoms with Gasteiger partial charge in [-0.15, -0.1) is 0 Å². The molecule has 1 atom stereocenters. The van der Waals surface area contributed by atoms with Crippen LogP contribution in [0.15, 0.2) is 30.3 Å². The lowest BCUT2D eigenvalue weighted by Crippen LogP contribution is -2.46. The fourth-order valence-electron chi connectivity index (χ4n) is 3.63. The molecule has 4 heteroatoms. The topological polar surface area (TPSA) is 32.8 Å². The molecule has 1 aromatic carbocycles. The van der Waals surface area contributed by atoms with Gasteiger partial charge in [-0.3, -0.25) is 9.69 Å². The normalized spacial score (nSPS) is 22.0. The van der Waals surface area contributed by atoms with Gasteiger partial charge in [0.05, 0.1) is 6.10 Å². The van der Waals surface area contributed by atoms with E-state index in [0.29, 0.717) is 6.10 Å². The van der Waals surface area contributed by atoms with Crippen LogP contribution in [0.2, 0.25) is 0 Å². The maximum absolute atomic E-state index is 13.0. The first kappa shape index (κ1) is 15.5. The van der Waals surface area contributed by atoms with Gasteiger partial charge >= 0.3 is 0 Å². The summed E-state index contributed by atoms with van der Waals surface area (Å²) < 4.78 is 5.46. The van der Waals surface area contributed by atoms with E-state index in [1.807, 2.05) is 23.1 Å². The fourth-order valence-corrected chi connectivity index (χ4v) is 3.63. The number of ether oxygens (including phenoxy) is 1. The van der Waals surface area contributed by atoms with Gasteiger partial charge in [-0.25, -0.2) is 0 Å². The van der Waals surface area contributed by atoms with Gasteiger partial charge in [0.1, 0.15) is 6.04 Å². The molecule has 0 bridgehead atoms. The Morgan fingerprint density at radius 2 is 1.73 bits per heavy atom.